The van der Waals surface area contributed by atoms with Crippen molar-refractivity contribution < 1.29 is 22.7 Å². The average Bonchev–Trinajstić information content (AvgIpc) is 3.02. The third-order valence-electron chi connectivity index (χ3n) is 3.62. The Bertz CT molecular complexity index is 871. The van der Waals surface area contributed by atoms with Gasteiger partial charge >= 0.3 is 12.1 Å². The van der Waals surface area contributed by atoms with Crippen molar-refractivity contribution >= 4 is 16.9 Å². The van der Waals surface area contributed by atoms with Crippen LogP contribution in [0.5, 0.6) is 0 Å². The number of carbonyl (C=O) groups is 1. The summed E-state index contributed by atoms with van der Waals surface area (Å²) < 4.78 is 43.9. The van der Waals surface area contributed by atoms with Gasteiger partial charge in [0, 0.05) is 11.8 Å². The predicted octanol–water partition coefficient (Wildman–Crippen LogP) is 3.98. The van der Waals surface area contributed by atoms with Gasteiger partial charge in [0.15, 0.2) is 0 Å². The van der Waals surface area contributed by atoms with Crippen molar-refractivity contribution in [2.45, 2.75) is 12.6 Å². The van der Waals surface area contributed by atoms with Gasteiger partial charge in [-0.1, -0.05) is 30.3 Å². The molecule has 0 atom stereocenters. The number of carbonyl (C=O) groups excluding carboxylic acids is 1. The summed E-state index contributed by atoms with van der Waals surface area (Å²) in [5.41, 5.74) is 0.224. The first-order valence-corrected chi connectivity index (χ1v) is 7.21. The Morgan fingerprint density at radius 3 is 2.71 bits per heavy atom. The van der Waals surface area contributed by atoms with E-state index in [1.807, 2.05) is 0 Å². The van der Waals surface area contributed by atoms with E-state index in [4.69, 9.17) is 4.74 Å². The number of hydrogen-bond donors (Lipinski definition) is 1. The standard InChI is InChI=1S/C17H13F3N2O2/c18-17(19,20)14-7-2-1-4-11(14)8-9-24-16(23)13-6-3-5-12-10-21-22-15(12)13/h1-7,10H,8-9H2,(H,21,22). The summed E-state index contributed by atoms with van der Waals surface area (Å²) >= 11 is 0. The van der Waals surface area contributed by atoms with E-state index in [2.05, 4.69) is 10.2 Å². The molecule has 0 aliphatic heterocycles. The summed E-state index contributed by atoms with van der Waals surface area (Å²) in [4.78, 5) is 12.1. The molecule has 3 rings (SSSR count). The third-order valence-corrected chi connectivity index (χ3v) is 3.62. The minimum absolute atomic E-state index is 0.0135. The highest BCUT2D eigenvalue weighted by Gasteiger charge is 2.32. The second kappa shape index (κ2) is 6.35. The maximum Gasteiger partial charge on any atom is 0.416 e. The highest BCUT2D eigenvalue weighted by atomic mass is 19.4. The van der Waals surface area contributed by atoms with Gasteiger partial charge in [-0.05, 0) is 17.7 Å². The molecule has 1 N–H and O–H groups in total. The molecule has 2 aromatic carbocycles. The lowest BCUT2D eigenvalue weighted by Gasteiger charge is -2.12. The number of aromatic amines is 1. The van der Waals surface area contributed by atoms with Gasteiger partial charge in [0.05, 0.1) is 29.4 Å². The Balaban J connectivity index is 1.69. The zero-order chi connectivity index (χ0) is 17.2. The number of nitrogens with zero attached hydrogens (tertiary/aromatic N) is 1. The monoisotopic (exact) mass is 334 g/mol. The molecule has 0 aliphatic rings. The molecule has 0 saturated carbocycles. The van der Waals surface area contributed by atoms with Crippen molar-refractivity contribution in [1.82, 2.24) is 10.2 Å². The van der Waals surface area contributed by atoms with E-state index in [0.29, 0.717) is 11.1 Å². The molecule has 4 nitrogen and oxygen atoms in total. The maximum atomic E-state index is 12.9. The molecule has 1 aromatic heterocycles. The zero-order valence-electron chi connectivity index (χ0n) is 12.4. The number of para-hydroxylation sites is 1. The second-order valence-electron chi connectivity index (χ2n) is 5.18. The Kier molecular flexibility index (Phi) is 4.24. The van der Waals surface area contributed by atoms with Gasteiger partial charge in [-0.3, -0.25) is 5.10 Å². The molecule has 0 amide bonds. The van der Waals surface area contributed by atoms with Crippen molar-refractivity contribution in [3.8, 4) is 0 Å². The van der Waals surface area contributed by atoms with Crippen LogP contribution in [0.3, 0.4) is 0 Å². The van der Waals surface area contributed by atoms with E-state index in [-0.39, 0.29) is 18.6 Å². The molecule has 0 fully saturated rings. The quantitative estimate of drug-likeness (QED) is 0.734. The van der Waals surface area contributed by atoms with E-state index in [1.54, 1.807) is 24.4 Å². The third kappa shape index (κ3) is 3.24. The number of ether oxygens (including phenoxy) is 1. The number of esters is 1. The van der Waals surface area contributed by atoms with Crippen LogP contribution in [-0.4, -0.2) is 22.8 Å². The fraction of sp³-hybridized carbons (Fsp3) is 0.176. The Morgan fingerprint density at radius 2 is 1.92 bits per heavy atom. The Labute approximate surface area is 135 Å². The van der Waals surface area contributed by atoms with Crippen molar-refractivity contribution in [2.24, 2.45) is 0 Å². The van der Waals surface area contributed by atoms with Crippen molar-refractivity contribution in [2.75, 3.05) is 6.61 Å². The van der Waals surface area contributed by atoms with Gasteiger partial charge in [-0.2, -0.15) is 18.3 Å². The second-order valence-corrected chi connectivity index (χ2v) is 5.18. The van der Waals surface area contributed by atoms with Crippen LogP contribution in [0, 0.1) is 0 Å². The van der Waals surface area contributed by atoms with E-state index < -0.39 is 17.7 Å². The van der Waals surface area contributed by atoms with Crippen molar-refractivity contribution in [1.29, 1.82) is 0 Å². The van der Waals surface area contributed by atoms with Gasteiger partial charge in [0.25, 0.3) is 0 Å². The topological polar surface area (TPSA) is 55.0 Å². The summed E-state index contributed by atoms with van der Waals surface area (Å²) in [7, 11) is 0. The number of benzene rings is 2. The summed E-state index contributed by atoms with van der Waals surface area (Å²) in [6.07, 6.45) is -2.87. The molecule has 0 spiro atoms. The Hall–Kier alpha value is -2.83. The normalized spacial score (nSPS) is 11.6. The SMILES string of the molecule is O=C(OCCc1ccccc1C(F)(F)F)c1cccc2cn[nH]c12. The lowest BCUT2D eigenvalue weighted by Crippen LogP contribution is -2.13. The number of halogens is 3. The molecule has 7 heteroatoms. The number of fused-ring (bicyclic) bond motifs is 1. The van der Waals surface area contributed by atoms with E-state index >= 15 is 0 Å². The molecule has 0 bridgehead atoms. The zero-order valence-corrected chi connectivity index (χ0v) is 12.4. The number of nitrogens with one attached hydrogen (secondary N) is 1. The fourth-order valence-electron chi connectivity index (χ4n) is 2.49. The number of aromatic nitrogens is 2. The Morgan fingerprint density at radius 1 is 1.12 bits per heavy atom. The highest BCUT2D eigenvalue weighted by molar-refractivity contribution is 6.02. The van der Waals surface area contributed by atoms with Gasteiger partial charge in [-0.15, -0.1) is 0 Å². The number of hydrogen-bond acceptors (Lipinski definition) is 3. The average molecular weight is 334 g/mol. The summed E-state index contributed by atoms with van der Waals surface area (Å²) in [5, 5.41) is 7.32. The maximum absolute atomic E-state index is 12.9. The van der Waals surface area contributed by atoms with Crippen LogP contribution in [0.2, 0.25) is 0 Å². The summed E-state index contributed by atoms with van der Waals surface area (Å²) in [6.45, 7) is -0.142. The highest BCUT2D eigenvalue weighted by Crippen LogP contribution is 2.32. The first kappa shape index (κ1) is 16.0. The minimum Gasteiger partial charge on any atom is -0.462 e. The molecule has 24 heavy (non-hydrogen) atoms. The summed E-state index contributed by atoms with van der Waals surface area (Å²) in [6, 6.07) is 10.3. The molecular formula is C17H13F3N2O2. The van der Waals surface area contributed by atoms with Crippen LogP contribution in [0.25, 0.3) is 10.9 Å². The lowest BCUT2D eigenvalue weighted by molar-refractivity contribution is -0.138. The van der Waals surface area contributed by atoms with Gasteiger partial charge in [-0.25, -0.2) is 4.79 Å². The number of alkyl halides is 3. The van der Waals surface area contributed by atoms with Gasteiger partial charge in [0.1, 0.15) is 0 Å². The molecule has 124 valence electrons. The number of rotatable bonds is 4. The molecular weight excluding hydrogens is 321 g/mol. The largest absolute Gasteiger partial charge is 0.462 e. The molecule has 0 unspecified atom stereocenters. The van der Waals surface area contributed by atoms with Crippen molar-refractivity contribution in [3.63, 3.8) is 0 Å². The van der Waals surface area contributed by atoms with Gasteiger partial charge in [0.2, 0.25) is 0 Å². The van der Waals surface area contributed by atoms with Gasteiger partial charge < -0.3 is 4.74 Å². The van der Waals surface area contributed by atoms with Crippen LogP contribution in [0.1, 0.15) is 21.5 Å². The van der Waals surface area contributed by atoms with Crippen LogP contribution >= 0.6 is 0 Å². The van der Waals surface area contributed by atoms with E-state index in [9.17, 15) is 18.0 Å². The smallest absolute Gasteiger partial charge is 0.416 e. The fourth-order valence-corrected chi connectivity index (χ4v) is 2.49. The first-order valence-electron chi connectivity index (χ1n) is 7.21. The van der Waals surface area contributed by atoms with E-state index in [0.717, 1.165) is 11.5 Å². The van der Waals surface area contributed by atoms with Crippen LogP contribution in [-0.2, 0) is 17.3 Å². The molecule has 0 radical (unpaired) electrons. The minimum atomic E-state index is -4.43. The lowest BCUT2D eigenvalue weighted by atomic mass is 10.0. The van der Waals surface area contributed by atoms with Crippen LogP contribution < -0.4 is 0 Å². The molecule has 1 heterocycles. The van der Waals surface area contributed by atoms with Crippen LogP contribution in [0.4, 0.5) is 13.2 Å². The molecule has 3 aromatic rings. The summed E-state index contributed by atoms with van der Waals surface area (Å²) in [5.74, 6) is -0.602. The molecule has 0 aliphatic carbocycles. The first-order chi connectivity index (χ1) is 11.5. The molecule has 0 saturated heterocycles. The number of H-pyrrole nitrogens is 1. The predicted molar refractivity (Wildman–Crippen MR) is 81.5 cm³/mol. The van der Waals surface area contributed by atoms with Crippen LogP contribution in [0.15, 0.2) is 48.7 Å². The van der Waals surface area contributed by atoms with E-state index in [1.165, 1.54) is 18.2 Å². The van der Waals surface area contributed by atoms with Crippen molar-refractivity contribution in [3.05, 3.63) is 65.4 Å².